The van der Waals surface area contributed by atoms with E-state index in [-0.39, 0.29) is 27.7 Å². The molecule has 0 unspecified atom stereocenters. The minimum Gasteiger partial charge on any atom is -0.320 e. The number of rotatable bonds is 5. The molecule has 2 aromatic carbocycles. The van der Waals surface area contributed by atoms with Gasteiger partial charge in [-0.15, -0.1) is 0 Å². The lowest BCUT2D eigenvalue weighted by Gasteiger charge is -2.06. The highest BCUT2D eigenvalue weighted by molar-refractivity contribution is 6.34. The van der Waals surface area contributed by atoms with Crippen molar-refractivity contribution in [2.24, 2.45) is 0 Å². The molecule has 0 saturated carbocycles. The maximum atomic E-state index is 12.2. The van der Waals surface area contributed by atoms with E-state index >= 15 is 0 Å². The number of nitrogens with zero attached hydrogens (tertiary/aromatic N) is 3. The van der Waals surface area contributed by atoms with E-state index in [0.717, 1.165) is 12.1 Å². The van der Waals surface area contributed by atoms with Gasteiger partial charge in [-0.2, -0.15) is 5.26 Å². The van der Waals surface area contributed by atoms with E-state index < -0.39 is 15.8 Å². The molecule has 0 saturated heterocycles. The second kappa shape index (κ2) is 7.87. The van der Waals surface area contributed by atoms with E-state index in [9.17, 15) is 25.0 Å². The predicted octanol–water partition coefficient (Wildman–Crippen LogP) is 3.70. The van der Waals surface area contributed by atoms with E-state index in [1.54, 1.807) is 6.07 Å². The molecule has 10 heteroatoms. The molecule has 0 aliphatic carbocycles. The molecule has 1 amide bonds. The summed E-state index contributed by atoms with van der Waals surface area (Å²) in [6.07, 6.45) is 1.25. The molecule has 1 N–H and O–H groups in total. The average molecular weight is 373 g/mol. The third-order valence-electron chi connectivity index (χ3n) is 3.19. The molecule has 0 bridgehead atoms. The Hall–Kier alpha value is -3.77. The van der Waals surface area contributed by atoms with Gasteiger partial charge in [-0.1, -0.05) is 11.6 Å². The van der Waals surface area contributed by atoms with Crippen LogP contribution in [0.1, 0.15) is 5.56 Å². The number of non-ortho nitro benzene ring substituents is 2. The summed E-state index contributed by atoms with van der Waals surface area (Å²) in [5, 5.41) is 32.8. The first-order valence-corrected chi connectivity index (χ1v) is 7.31. The van der Waals surface area contributed by atoms with Crippen LogP contribution >= 0.6 is 11.6 Å². The lowest BCUT2D eigenvalue weighted by molar-refractivity contribution is -0.385. The number of anilines is 1. The van der Waals surface area contributed by atoms with Crippen LogP contribution in [0.25, 0.3) is 6.08 Å². The zero-order valence-electron chi connectivity index (χ0n) is 12.9. The van der Waals surface area contributed by atoms with E-state index in [0.29, 0.717) is 5.56 Å². The van der Waals surface area contributed by atoms with Crippen LogP contribution in [-0.2, 0) is 4.79 Å². The van der Waals surface area contributed by atoms with Crippen molar-refractivity contribution in [3.8, 4) is 6.07 Å². The molecule has 0 fully saturated rings. The topological polar surface area (TPSA) is 139 Å². The molecule has 0 heterocycles. The monoisotopic (exact) mass is 372 g/mol. The van der Waals surface area contributed by atoms with Crippen molar-refractivity contribution in [2.75, 3.05) is 5.32 Å². The van der Waals surface area contributed by atoms with Gasteiger partial charge in [-0.25, -0.2) is 0 Å². The molecule has 0 spiro atoms. The summed E-state index contributed by atoms with van der Waals surface area (Å²) in [4.78, 5) is 32.3. The van der Waals surface area contributed by atoms with Gasteiger partial charge in [0.1, 0.15) is 11.6 Å². The normalized spacial score (nSPS) is 10.7. The molecule has 0 aromatic heterocycles. The first-order chi connectivity index (χ1) is 12.3. The first kappa shape index (κ1) is 18.6. The minimum absolute atomic E-state index is 0.0554. The fraction of sp³-hybridized carbons (Fsp3) is 0. The number of halogens is 1. The fourth-order valence-electron chi connectivity index (χ4n) is 1.92. The molecule has 9 nitrogen and oxygen atoms in total. The third-order valence-corrected chi connectivity index (χ3v) is 3.50. The van der Waals surface area contributed by atoms with Crippen LogP contribution < -0.4 is 5.32 Å². The van der Waals surface area contributed by atoms with Crippen molar-refractivity contribution >= 4 is 40.6 Å². The summed E-state index contributed by atoms with van der Waals surface area (Å²) >= 11 is 5.89. The van der Waals surface area contributed by atoms with Crippen molar-refractivity contribution < 1.29 is 14.6 Å². The summed E-state index contributed by atoms with van der Waals surface area (Å²) < 4.78 is 0. The Morgan fingerprint density at radius 2 is 1.65 bits per heavy atom. The Labute approximate surface area is 151 Å². The third kappa shape index (κ3) is 4.40. The number of hydrogen-bond acceptors (Lipinski definition) is 6. The highest BCUT2D eigenvalue weighted by atomic mass is 35.5. The van der Waals surface area contributed by atoms with Crippen LogP contribution in [0.15, 0.2) is 48.0 Å². The Morgan fingerprint density at radius 3 is 2.15 bits per heavy atom. The Morgan fingerprint density at radius 1 is 1.08 bits per heavy atom. The average Bonchev–Trinajstić information content (AvgIpc) is 2.61. The second-order valence-electron chi connectivity index (χ2n) is 4.89. The Bertz CT molecular complexity index is 964. The summed E-state index contributed by atoms with van der Waals surface area (Å²) in [7, 11) is 0. The van der Waals surface area contributed by atoms with Crippen LogP contribution in [0.5, 0.6) is 0 Å². The van der Waals surface area contributed by atoms with Crippen LogP contribution in [0.2, 0.25) is 5.02 Å². The molecule has 2 rings (SSSR count). The number of nitro benzene ring substituents is 2. The van der Waals surface area contributed by atoms with Gasteiger partial charge in [-0.05, 0) is 29.8 Å². The lowest BCUT2D eigenvalue weighted by atomic mass is 10.1. The van der Waals surface area contributed by atoms with Crippen LogP contribution in [-0.4, -0.2) is 15.8 Å². The van der Waals surface area contributed by atoms with E-state index in [1.165, 1.54) is 36.4 Å². The number of carbonyl (C=O) groups excluding carboxylic acids is 1. The van der Waals surface area contributed by atoms with Crippen LogP contribution in [0, 0.1) is 31.6 Å². The molecule has 0 aliphatic rings. The molecule has 0 atom stereocenters. The minimum atomic E-state index is -0.776. The number of nitro groups is 2. The SMILES string of the molecule is N#C/C(=C/c1ccc([N+](=O)[O-])cc1)C(=O)Nc1ccc([N+](=O)[O-])cc1Cl. The molecule has 0 radical (unpaired) electrons. The number of nitriles is 1. The summed E-state index contributed by atoms with van der Waals surface area (Å²) in [5.74, 6) is -0.776. The highest BCUT2D eigenvalue weighted by Crippen LogP contribution is 2.27. The lowest BCUT2D eigenvalue weighted by Crippen LogP contribution is -2.13. The largest absolute Gasteiger partial charge is 0.320 e. The van der Waals surface area contributed by atoms with Crippen molar-refractivity contribution in [3.05, 3.63) is 78.9 Å². The van der Waals surface area contributed by atoms with Crippen molar-refractivity contribution in [3.63, 3.8) is 0 Å². The Balaban J connectivity index is 2.22. The molecule has 26 heavy (non-hydrogen) atoms. The van der Waals surface area contributed by atoms with Crippen molar-refractivity contribution in [1.82, 2.24) is 0 Å². The van der Waals surface area contributed by atoms with Crippen LogP contribution in [0.4, 0.5) is 17.1 Å². The van der Waals surface area contributed by atoms with Gasteiger partial charge in [0.2, 0.25) is 0 Å². The fourth-order valence-corrected chi connectivity index (χ4v) is 2.14. The van der Waals surface area contributed by atoms with Crippen molar-refractivity contribution in [2.45, 2.75) is 0 Å². The number of hydrogen-bond donors (Lipinski definition) is 1. The second-order valence-corrected chi connectivity index (χ2v) is 5.30. The maximum Gasteiger partial charge on any atom is 0.271 e. The van der Waals surface area contributed by atoms with Gasteiger partial charge in [0, 0.05) is 24.3 Å². The molecule has 2 aromatic rings. The number of benzene rings is 2. The van der Waals surface area contributed by atoms with Gasteiger partial charge in [0.05, 0.1) is 20.6 Å². The maximum absolute atomic E-state index is 12.2. The Kier molecular flexibility index (Phi) is 5.62. The van der Waals surface area contributed by atoms with Gasteiger partial charge >= 0.3 is 0 Å². The van der Waals surface area contributed by atoms with Crippen LogP contribution in [0.3, 0.4) is 0 Å². The van der Waals surface area contributed by atoms with Gasteiger partial charge in [0.25, 0.3) is 17.3 Å². The first-order valence-electron chi connectivity index (χ1n) is 6.93. The summed E-state index contributed by atoms with van der Waals surface area (Å²) in [6, 6.07) is 10.5. The standard InChI is InChI=1S/C16H9ClN4O5/c17-14-8-13(21(25)26)5-6-15(14)19-16(22)11(9-18)7-10-1-3-12(4-2-10)20(23)24/h1-8H,(H,19,22)/b11-7-. The molecule has 130 valence electrons. The van der Waals surface area contributed by atoms with Gasteiger partial charge in [0.15, 0.2) is 0 Å². The summed E-state index contributed by atoms with van der Waals surface area (Å²) in [6.45, 7) is 0. The molecular formula is C16H9ClN4O5. The van der Waals surface area contributed by atoms with Crippen molar-refractivity contribution in [1.29, 1.82) is 5.26 Å². The summed E-state index contributed by atoms with van der Waals surface area (Å²) in [5.41, 5.74) is -0.116. The smallest absolute Gasteiger partial charge is 0.271 e. The van der Waals surface area contributed by atoms with E-state index in [1.807, 2.05) is 0 Å². The number of nitrogens with one attached hydrogen (secondary N) is 1. The number of carbonyl (C=O) groups is 1. The quantitative estimate of drug-likeness (QED) is 0.367. The highest BCUT2D eigenvalue weighted by Gasteiger charge is 2.14. The van der Waals surface area contributed by atoms with E-state index in [2.05, 4.69) is 5.32 Å². The zero-order valence-corrected chi connectivity index (χ0v) is 13.6. The zero-order chi connectivity index (χ0) is 19.3. The molecular weight excluding hydrogens is 364 g/mol. The van der Waals surface area contributed by atoms with Gasteiger partial charge < -0.3 is 5.32 Å². The van der Waals surface area contributed by atoms with Gasteiger partial charge in [-0.3, -0.25) is 25.0 Å². The number of amides is 1. The molecule has 0 aliphatic heterocycles. The predicted molar refractivity (Wildman–Crippen MR) is 93.4 cm³/mol. The van der Waals surface area contributed by atoms with E-state index in [4.69, 9.17) is 16.9 Å².